The number of methoxy groups -OCH3 is 1. The van der Waals surface area contributed by atoms with E-state index in [1.54, 1.807) is 0 Å². The Morgan fingerprint density at radius 3 is 2.69 bits per heavy atom. The van der Waals surface area contributed by atoms with Crippen LogP contribution >= 0.6 is 0 Å². The third-order valence-corrected chi connectivity index (χ3v) is 1.66. The molecule has 1 rings (SSSR count). The van der Waals surface area contributed by atoms with Crippen LogP contribution in [0, 0.1) is 11.6 Å². The van der Waals surface area contributed by atoms with Gasteiger partial charge in [-0.15, -0.1) is 0 Å². The third-order valence-electron chi connectivity index (χ3n) is 1.66. The van der Waals surface area contributed by atoms with Crippen molar-refractivity contribution < 1.29 is 18.6 Å². The zero-order valence-corrected chi connectivity index (χ0v) is 7.09. The van der Waals surface area contributed by atoms with Gasteiger partial charge in [0.05, 0.1) is 0 Å². The lowest BCUT2D eigenvalue weighted by Crippen LogP contribution is -2.11. The summed E-state index contributed by atoms with van der Waals surface area (Å²) in [4.78, 5) is 0. The van der Waals surface area contributed by atoms with Crippen molar-refractivity contribution in [2.45, 2.75) is 12.7 Å². The van der Waals surface area contributed by atoms with Gasteiger partial charge in [0.1, 0.15) is 11.6 Å². The lowest BCUT2D eigenvalue weighted by atomic mass is 10.1. The molecule has 0 saturated carbocycles. The predicted octanol–water partition coefficient (Wildman–Crippen LogP) is 1.91. The monoisotopic (exact) mass is 187 g/mol. The second-order valence-electron chi connectivity index (χ2n) is 2.61. The molecule has 1 aromatic rings. The van der Waals surface area contributed by atoms with Crippen molar-refractivity contribution in [1.29, 1.82) is 0 Å². The molecule has 1 unspecified atom stereocenters. The van der Waals surface area contributed by atoms with Crippen molar-refractivity contribution in [2.75, 3.05) is 7.11 Å². The van der Waals surface area contributed by atoms with Gasteiger partial charge in [-0.25, -0.2) is 13.9 Å². The predicted molar refractivity (Wildman–Crippen MR) is 41.5 cm³/mol. The van der Waals surface area contributed by atoms with Crippen molar-refractivity contribution in [3.05, 3.63) is 35.4 Å². The van der Waals surface area contributed by atoms with E-state index in [-0.39, 0.29) is 12.0 Å². The molecule has 0 fully saturated rings. The molecule has 1 aromatic carbocycles. The summed E-state index contributed by atoms with van der Waals surface area (Å²) in [5.74, 6) is -1.36. The molecule has 0 N–H and O–H groups in total. The number of halogens is 2. The van der Waals surface area contributed by atoms with Crippen molar-refractivity contribution in [3.8, 4) is 0 Å². The molecule has 13 heavy (non-hydrogen) atoms. The molecule has 0 aliphatic rings. The maximum Gasteiger partial charge on any atom is 0.195 e. The molecule has 0 bridgehead atoms. The van der Waals surface area contributed by atoms with E-state index in [0.717, 1.165) is 12.1 Å². The van der Waals surface area contributed by atoms with Gasteiger partial charge in [0, 0.05) is 19.6 Å². The van der Waals surface area contributed by atoms with Crippen LogP contribution in [0.3, 0.4) is 0 Å². The quantitative estimate of drug-likeness (QED) is 0.664. The average molecular weight is 187 g/mol. The first-order valence-electron chi connectivity index (χ1n) is 3.76. The number of rotatable bonds is 3. The van der Waals surface area contributed by atoms with Crippen molar-refractivity contribution in [2.24, 2.45) is 0 Å². The van der Waals surface area contributed by atoms with Crippen LogP contribution in [0.1, 0.15) is 5.56 Å². The van der Waals surface area contributed by atoms with Crippen LogP contribution in [0.5, 0.6) is 0 Å². The SMILES string of the molecule is COC([O])Cc1ccc(F)cc1F. The second kappa shape index (κ2) is 4.30. The molecule has 0 aromatic heterocycles. The Kier molecular flexibility index (Phi) is 3.33. The lowest BCUT2D eigenvalue weighted by Gasteiger charge is -2.06. The molecule has 0 aliphatic carbocycles. The van der Waals surface area contributed by atoms with E-state index in [1.165, 1.54) is 13.2 Å². The van der Waals surface area contributed by atoms with E-state index < -0.39 is 17.9 Å². The molecular weight excluding hydrogens is 178 g/mol. The Balaban J connectivity index is 2.77. The molecule has 1 atom stereocenters. The van der Waals surface area contributed by atoms with Gasteiger partial charge in [-0.3, -0.25) is 0 Å². The smallest absolute Gasteiger partial charge is 0.195 e. The van der Waals surface area contributed by atoms with E-state index in [0.29, 0.717) is 0 Å². The fourth-order valence-electron chi connectivity index (χ4n) is 0.950. The zero-order chi connectivity index (χ0) is 9.84. The second-order valence-corrected chi connectivity index (χ2v) is 2.61. The molecular formula is C9H9F2O2. The summed E-state index contributed by atoms with van der Waals surface area (Å²) in [6.07, 6.45) is -1.40. The zero-order valence-electron chi connectivity index (χ0n) is 7.09. The normalized spacial score (nSPS) is 12.9. The Labute approximate surface area is 74.8 Å². The third kappa shape index (κ3) is 2.75. The van der Waals surface area contributed by atoms with Gasteiger partial charge < -0.3 is 4.74 Å². The van der Waals surface area contributed by atoms with E-state index in [4.69, 9.17) is 0 Å². The topological polar surface area (TPSA) is 29.1 Å². The van der Waals surface area contributed by atoms with Gasteiger partial charge in [0.15, 0.2) is 6.29 Å². The summed E-state index contributed by atoms with van der Waals surface area (Å²) in [6.45, 7) is 0. The highest BCUT2D eigenvalue weighted by molar-refractivity contribution is 5.18. The van der Waals surface area contributed by atoms with Gasteiger partial charge in [-0.2, -0.15) is 0 Å². The first-order valence-corrected chi connectivity index (χ1v) is 3.76. The van der Waals surface area contributed by atoms with E-state index in [9.17, 15) is 13.9 Å². The maximum atomic E-state index is 12.9. The molecule has 4 heteroatoms. The Morgan fingerprint density at radius 2 is 2.15 bits per heavy atom. The van der Waals surface area contributed by atoms with Gasteiger partial charge >= 0.3 is 0 Å². The molecule has 0 amide bonds. The molecule has 71 valence electrons. The lowest BCUT2D eigenvalue weighted by molar-refractivity contribution is -0.117. The van der Waals surface area contributed by atoms with E-state index in [1.807, 2.05) is 0 Å². The summed E-state index contributed by atoms with van der Waals surface area (Å²) in [5.41, 5.74) is 0.170. The summed E-state index contributed by atoms with van der Waals surface area (Å²) < 4.78 is 29.8. The van der Waals surface area contributed by atoms with Crippen LogP contribution in [0.2, 0.25) is 0 Å². The molecule has 0 aliphatic heterocycles. The molecule has 1 radical (unpaired) electrons. The van der Waals surface area contributed by atoms with Gasteiger partial charge in [-0.05, 0) is 11.6 Å². The number of hydrogen-bond donors (Lipinski definition) is 0. The summed E-state index contributed by atoms with van der Waals surface area (Å²) in [6, 6.07) is 3.10. The Morgan fingerprint density at radius 1 is 1.46 bits per heavy atom. The highest BCUT2D eigenvalue weighted by Gasteiger charge is 2.09. The first kappa shape index (κ1) is 10.1. The molecule has 0 spiro atoms. The minimum absolute atomic E-state index is 0.0946. The molecule has 0 heterocycles. The van der Waals surface area contributed by atoms with Crippen LogP contribution in [0.25, 0.3) is 0 Å². The number of benzene rings is 1. The fourth-order valence-corrected chi connectivity index (χ4v) is 0.950. The van der Waals surface area contributed by atoms with Crippen LogP contribution in [0.4, 0.5) is 8.78 Å². The summed E-state index contributed by atoms with van der Waals surface area (Å²) in [7, 11) is 1.25. The number of hydrogen-bond acceptors (Lipinski definition) is 1. The highest BCUT2D eigenvalue weighted by atomic mass is 19.1. The molecule has 0 saturated heterocycles. The Hall–Kier alpha value is -1.00. The van der Waals surface area contributed by atoms with E-state index >= 15 is 0 Å². The van der Waals surface area contributed by atoms with Gasteiger partial charge in [0.25, 0.3) is 0 Å². The maximum absolute atomic E-state index is 12.9. The molecule has 2 nitrogen and oxygen atoms in total. The highest BCUT2D eigenvalue weighted by Crippen LogP contribution is 2.11. The average Bonchev–Trinajstić information content (AvgIpc) is 2.09. The standard InChI is InChI=1S/C9H9F2O2/c1-13-9(12)4-6-2-3-7(10)5-8(6)11/h2-3,5,9H,4H2,1H3. The van der Waals surface area contributed by atoms with Crippen molar-refractivity contribution >= 4 is 0 Å². The summed E-state index contributed by atoms with van der Waals surface area (Å²) in [5, 5.41) is 10.8. The van der Waals surface area contributed by atoms with Gasteiger partial charge in [-0.1, -0.05) is 6.07 Å². The van der Waals surface area contributed by atoms with Crippen molar-refractivity contribution in [1.82, 2.24) is 0 Å². The minimum atomic E-state index is -1.31. The fraction of sp³-hybridized carbons (Fsp3) is 0.333. The Bertz CT molecular complexity index is 289. The largest absolute Gasteiger partial charge is 0.353 e. The van der Waals surface area contributed by atoms with Crippen molar-refractivity contribution in [3.63, 3.8) is 0 Å². The van der Waals surface area contributed by atoms with Gasteiger partial charge in [0.2, 0.25) is 0 Å². The van der Waals surface area contributed by atoms with Crippen LogP contribution in [-0.4, -0.2) is 13.4 Å². The summed E-state index contributed by atoms with van der Waals surface area (Å²) >= 11 is 0. The minimum Gasteiger partial charge on any atom is -0.353 e. The van der Waals surface area contributed by atoms with E-state index in [2.05, 4.69) is 4.74 Å². The van der Waals surface area contributed by atoms with Crippen LogP contribution < -0.4 is 0 Å². The van der Waals surface area contributed by atoms with Crippen LogP contribution in [0.15, 0.2) is 18.2 Å². The number of ether oxygens (including phenoxy) is 1. The van der Waals surface area contributed by atoms with Crippen LogP contribution in [-0.2, 0) is 16.3 Å². The first-order chi connectivity index (χ1) is 6.13.